The Bertz CT molecular complexity index is 1000. The average Bonchev–Trinajstić information content (AvgIpc) is 3.27. The van der Waals surface area contributed by atoms with Crippen LogP contribution in [0.2, 0.25) is 0 Å². The van der Waals surface area contributed by atoms with E-state index in [1.807, 2.05) is 58.3 Å². The number of aromatic nitrogens is 1. The number of benzene rings is 2. The molecule has 0 unspecified atom stereocenters. The van der Waals surface area contributed by atoms with E-state index in [-0.39, 0.29) is 12.7 Å². The van der Waals surface area contributed by atoms with Crippen LogP contribution in [0.3, 0.4) is 0 Å². The molecule has 4 rings (SSSR count). The summed E-state index contributed by atoms with van der Waals surface area (Å²) in [6.07, 6.45) is 0. The van der Waals surface area contributed by atoms with Crippen LogP contribution in [-0.4, -0.2) is 49.8 Å². The Morgan fingerprint density at radius 1 is 1.11 bits per heavy atom. The van der Waals surface area contributed by atoms with Crippen LogP contribution in [-0.2, 0) is 0 Å². The molecule has 0 radical (unpaired) electrons. The minimum Gasteiger partial charge on any atom is -0.454 e. The van der Waals surface area contributed by atoms with Gasteiger partial charge in [0, 0.05) is 30.8 Å². The van der Waals surface area contributed by atoms with Crippen molar-refractivity contribution in [3.8, 4) is 11.5 Å². The van der Waals surface area contributed by atoms with Gasteiger partial charge in [-0.25, -0.2) is 4.98 Å². The molecule has 1 aromatic heterocycles. The molecular weight excluding hydrogens is 374 g/mol. The van der Waals surface area contributed by atoms with Gasteiger partial charge in [-0.3, -0.25) is 9.69 Å². The third-order valence-electron chi connectivity index (χ3n) is 4.74. The van der Waals surface area contributed by atoms with Gasteiger partial charge in [0.05, 0.1) is 10.2 Å². The van der Waals surface area contributed by atoms with Crippen molar-refractivity contribution in [2.45, 2.75) is 13.8 Å². The van der Waals surface area contributed by atoms with E-state index in [2.05, 4.69) is 4.90 Å². The van der Waals surface area contributed by atoms with Crippen LogP contribution in [0, 0.1) is 13.8 Å². The summed E-state index contributed by atoms with van der Waals surface area (Å²) in [6.45, 7) is 5.51. The van der Waals surface area contributed by atoms with Crippen molar-refractivity contribution in [2.75, 3.05) is 38.9 Å². The van der Waals surface area contributed by atoms with Gasteiger partial charge in [-0.05, 0) is 39.6 Å². The molecule has 2 aromatic carbocycles. The third kappa shape index (κ3) is 3.55. The zero-order valence-corrected chi connectivity index (χ0v) is 17.3. The Labute approximate surface area is 168 Å². The predicted molar refractivity (Wildman–Crippen MR) is 112 cm³/mol. The number of amides is 1. The first kappa shape index (κ1) is 18.7. The van der Waals surface area contributed by atoms with E-state index in [4.69, 9.17) is 14.5 Å². The van der Waals surface area contributed by atoms with E-state index >= 15 is 0 Å². The maximum Gasteiger partial charge on any atom is 0.260 e. The Hall–Kier alpha value is -2.64. The molecule has 7 heteroatoms. The molecule has 0 fully saturated rings. The summed E-state index contributed by atoms with van der Waals surface area (Å²) >= 11 is 1.50. The molecule has 0 bridgehead atoms. The van der Waals surface area contributed by atoms with Crippen molar-refractivity contribution in [1.82, 2.24) is 9.88 Å². The van der Waals surface area contributed by atoms with Crippen LogP contribution in [0.15, 0.2) is 30.3 Å². The molecule has 3 aromatic rings. The van der Waals surface area contributed by atoms with Gasteiger partial charge in [0.25, 0.3) is 5.91 Å². The van der Waals surface area contributed by atoms with Gasteiger partial charge in [0.1, 0.15) is 0 Å². The molecule has 0 saturated heterocycles. The highest BCUT2D eigenvalue weighted by Crippen LogP contribution is 2.40. The second-order valence-electron chi connectivity index (χ2n) is 7.25. The van der Waals surface area contributed by atoms with Gasteiger partial charge < -0.3 is 14.4 Å². The van der Waals surface area contributed by atoms with Crippen LogP contribution in [0.5, 0.6) is 11.5 Å². The zero-order valence-electron chi connectivity index (χ0n) is 16.5. The second-order valence-corrected chi connectivity index (χ2v) is 8.26. The Morgan fingerprint density at radius 3 is 2.61 bits per heavy atom. The first-order chi connectivity index (χ1) is 13.4. The highest BCUT2D eigenvalue weighted by molar-refractivity contribution is 7.22. The number of rotatable bonds is 5. The fourth-order valence-corrected chi connectivity index (χ4v) is 4.12. The summed E-state index contributed by atoms with van der Waals surface area (Å²) in [4.78, 5) is 22.0. The van der Waals surface area contributed by atoms with Crippen LogP contribution >= 0.6 is 11.3 Å². The molecule has 6 nitrogen and oxygen atoms in total. The smallest absolute Gasteiger partial charge is 0.260 e. The van der Waals surface area contributed by atoms with Gasteiger partial charge in [0.15, 0.2) is 16.6 Å². The summed E-state index contributed by atoms with van der Waals surface area (Å²) in [6, 6.07) is 9.78. The van der Waals surface area contributed by atoms with E-state index in [9.17, 15) is 4.79 Å². The number of likely N-dealkylation sites (N-methyl/N-ethyl adjacent to an activating group) is 1. The SMILES string of the molecule is Cc1ccc(C)c(C(=O)N(CCN(C)C)c2nc3cc4c(cc3s2)OCO4)c1. The predicted octanol–water partition coefficient (Wildman–Crippen LogP) is 3.85. The average molecular weight is 398 g/mol. The molecule has 0 N–H and O–H groups in total. The number of ether oxygens (including phenoxy) is 2. The monoisotopic (exact) mass is 397 g/mol. The van der Waals surface area contributed by atoms with E-state index in [1.165, 1.54) is 11.3 Å². The summed E-state index contributed by atoms with van der Waals surface area (Å²) < 4.78 is 11.9. The number of thiazole rings is 1. The van der Waals surface area contributed by atoms with Crippen molar-refractivity contribution in [1.29, 1.82) is 0 Å². The highest BCUT2D eigenvalue weighted by Gasteiger charge is 2.24. The highest BCUT2D eigenvalue weighted by atomic mass is 32.1. The van der Waals surface area contributed by atoms with E-state index in [0.29, 0.717) is 23.0 Å². The Morgan fingerprint density at radius 2 is 1.86 bits per heavy atom. The molecular formula is C21H23N3O3S. The lowest BCUT2D eigenvalue weighted by Crippen LogP contribution is -2.37. The van der Waals surface area contributed by atoms with Crippen molar-refractivity contribution in [2.24, 2.45) is 0 Å². The fourth-order valence-electron chi connectivity index (χ4n) is 3.12. The standard InChI is InChI=1S/C21H23N3O3S/c1-13-5-6-14(2)15(9-13)20(25)24(8-7-23(3)4)21-22-16-10-17-18(27-12-26-17)11-19(16)28-21/h5-6,9-11H,7-8,12H2,1-4H3. The van der Waals surface area contributed by atoms with E-state index < -0.39 is 0 Å². The van der Waals surface area contributed by atoms with Crippen LogP contribution in [0.25, 0.3) is 10.2 Å². The molecule has 0 saturated carbocycles. The van der Waals surface area contributed by atoms with Gasteiger partial charge in [-0.2, -0.15) is 0 Å². The molecule has 1 amide bonds. The summed E-state index contributed by atoms with van der Waals surface area (Å²) in [5.41, 5.74) is 3.56. The number of carbonyl (C=O) groups is 1. The number of fused-ring (bicyclic) bond motifs is 2. The second kappa shape index (κ2) is 7.41. The van der Waals surface area contributed by atoms with Gasteiger partial charge in [0.2, 0.25) is 6.79 Å². The van der Waals surface area contributed by atoms with Crippen molar-refractivity contribution >= 4 is 32.6 Å². The van der Waals surface area contributed by atoms with Crippen LogP contribution < -0.4 is 14.4 Å². The van der Waals surface area contributed by atoms with Crippen molar-refractivity contribution in [3.63, 3.8) is 0 Å². The fraction of sp³-hybridized carbons (Fsp3) is 0.333. The minimum atomic E-state index is -0.0258. The lowest BCUT2D eigenvalue weighted by Gasteiger charge is -2.23. The number of hydrogen-bond acceptors (Lipinski definition) is 6. The molecule has 0 atom stereocenters. The van der Waals surface area contributed by atoms with Crippen molar-refractivity contribution < 1.29 is 14.3 Å². The molecule has 0 spiro atoms. The first-order valence-corrected chi connectivity index (χ1v) is 9.98. The van der Waals surface area contributed by atoms with Gasteiger partial charge in [-0.15, -0.1) is 0 Å². The van der Waals surface area contributed by atoms with E-state index in [1.54, 1.807) is 4.90 Å². The molecule has 0 aliphatic carbocycles. The molecule has 1 aliphatic heterocycles. The molecule has 2 heterocycles. The number of hydrogen-bond donors (Lipinski definition) is 0. The topological polar surface area (TPSA) is 54.9 Å². The number of nitrogens with zero attached hydrogens (tertiary/aromatic N) is 3. The Balaban J connectivity index is 1.74. The maximum atomic E-state index is 13.4. The molecule has 28 heavy (non-hydrogen) atoms. The number of aryl methyl sites for hydroxylation is 2. The summed E-state index contributed by atoms with van der Waals surface area (Å²) in [5.74, 6) is 1.40. The third-order valence-corrected chi connectivity index (χ3v) is 5.78. The van der Waals surface area contributed by atoms with E-state index in [0.717, 1.165) is 33.6 Å². The summed E-state index contributed by atoms with van der Waals surface area (Å²) in [7, 11) is 4.00. The maximum absolute atomic E-state index is 13.4. The number of anilines is 1. The quantitative estimate of drug-likeness (QED) is 0.655. The van der Waals surface area contributed by atoms with Crippen LogP contribution in [0.4, 0.5) is 5.13 Å². The largest absolute Gasteiger partial charge is 0.454 e. The lowest BCUT2D eigenvalue weighted by molar-refractivity contribution is 0.0984. The summed E-state index contributed by atoms with van der Waals surface area (Å²) in [5, 5.41) is 0.687. The number of carbonyl (C=O) groups excluding carboxylic acids is 1. The minimum absolute atomic E-state index is 0.0258. The first-order valence-electron chi connectivity index (χ1n) is 9.16. The molecule has 146 valence electrons. The molecule has 1 aliphatic rings. The van der Waals surface area contributed by atoms with Gasteiger partial charge in [-0.1, -0.05) is 29.0 Å². The normalized spacial score (nSPS) is 12.8. The Kier molecular flexibility index (Phi) is 4.95. The van der Waals surface area contributed by atoms with Gasteiger partial charge >= 0.3 is 0 Å². The lowest BCUT2D eigenvalue weighted by atomic mass is 10.0. The van der Waals surface area contributed by atoms with Crippen molar-refractivity contribution in [3.05, 3.63) is 47.0 Å². The van der Waals surface area contributed by atoms with Crippen LogP contribution in [0.1, 0.15) is 21.5 Å². The zero-order chi connectivity index (χ0) is 19.8.